The van der Waals surface area contributed by atoms with Crippen LogP contribution >= 0.6 is 0 Å². The van der Waals surface area contributed by atoms with Crippen molar-refractivity contribution < 1.29 is 23.9 Å². The van der Waals surface area contributed by atoms with Gasteiger partial charge in [0.1, 0.15) is 6.04 Å². The summed E-state index contributed by atoms with van der Waals surface area (Å²) in [6.45, 7) is 5.27. The van der Waals surface area contributed by atoms with Gasteiger partial charge in [-0.15, -0.1) is 0 Å². The number of imide groups is 1. The topological polar surface area (TPSA) is 92.8 Å². The molecule has 0 fully saturated rings. The maximum absolute atomic E-state index is 12.8. The number of rotatable bonds is 8. The molecule has 0 saturated carbocycles. The van der Waals surface area contributed by atoms with E-state index in [9.17, 15) is 19.2 Å². The van der Waals surface area contributed by atoms with E-state index in [0.717, 1.165) is 22.4 Å². The molecule has 3 amide bonds. The summed E-state index contributed by atoms with van der Waals surface area (Å²) in [4.78, 5) is 51.6. The Morgan fingerprint density at radius 3 is 2.26 bits per heavy atom. The number of esters is 1. The second kappa shape index (κ2) is 9.55. The molecule has 7 nitrogen and oxygen atoms in total. The van der Waals surface area contributed by atoms with Crippen LogP contribution in [-0.4, -0.2) is 41.2 Å². The molecule has 0 saturated heterocycles. The standard InChI is InChI=1S/C24H26N2O5/c1-4-5-13-20(26-22(28)17-10-6-7-11-18(17)23(26)29)24(30)31-14-21(27)25-19-12-8-9-15(2)16(19)3/h6-12,20H,4-5,13-14H2,1-3H3,(H,25,27)/t20-/m0/s1. The number of benzene rings is 2. The molecule has 0 unspecified atom stereocenters. The number of unbranched alkanes of at least 4 members (excludes halogenated alkanes) is 1. The van der Waals surface area contributed by atoms with Crippen molar-refractivity contribution in [1.82, 2.24) is 4.90 Å². The van der Waals surface area contributed by atoms with Gasteiger partial charge in [-0.3, -0.25) is 19.3 Å². The summed E-state index contributed by atoms with van der Waals surface area (Å²) >= 11 is 0. The lowest BCUT2D eigenvalue weighted by atomic mass is 10.1. The van der Waals surface area contributed by atoms with Crippen molar-refractivity contribution in [1.29, 1.82) is 0 Å². The molecule has 0 aromatic heterocycles. The van der Waals surface area contributed by atoms with Crippen molar-refractivity contribution in [2.45, 2.75) is 46.1 Å². The highest BCUT2D eigenvalue weighted by molar-refractivity contribution is 6.22. The number of carbonyl (C=O) groups excluding carboxylic acids is 4. The van der Waals surface area contributed by atoms with Crippen LogP contribution in [0.1, 0.15) is 58.0 Å². The third kappa shape index (κ3) is 4.66. The van der Waals surface area contributed by atoms with E-state index in [1.165, 1.54) is 0 Å². The monoisotopic (exact) mass is 422 g/mol. The molecule has 1 N–H and O–H groups in total. The first kappa shape index (κ1) is 22.2. The Morgan fingerprint density at radius 1 is 1.00 bits per heavy atom. The zero-order chi connectivity index (χ0) is 22.5. The molecular weight excluding hydrogens is 396 g/mol. The van der Waals surface area contributed by atoms with E-state index >= 15 is 0 Å². The molecule has 2 aromatic rings. The van der Waals surface area contributed by atoms with E-state index in [1.807, 2.05) is 32.9 Å². The average molecular weight is 422 g/mol. The van der Waals surface area contributed by atoms with Gasteiger partial charge in [0.15, 0.2) is 6.61 Å². The van der Waals surface area contributed by atoms with Crippen LogP contribution in [0.3, 0.4) is 0 Å². The first-order valence-corrected chi connectivity index (χ1v) is 10.3. The van der Waals surface area contributed by atoms with Gasteiger partial charge in [0.2, 0.25) is 0 Å². The minimum absolute atomic E-state index is 0.273. The number of carbonyl (C=O) groups is 4. The molecule has 1 aliphatic rings. The molecule has 0 aliphatic carbocycles. The Kier molecular flexibility index (Phi) is 6.84. The number of nitrogens with one attached hydrogen (secondary N) is 1. The maximum Gasteiger partial charge on any atom is 0.329 e. The molecule has 0 radical (unpaired) electrons. The predicted molar refractivity (Wildman–Crippen MR) is 116 cm³/mol. The molecule has 162 valence electrons. The van der Waals surface area contributed by atoms with E-state index < -0.39 is 36.3 Å². The molecule has 1 heterocycles. The van der Waals surface area contributed by atoms with Crippen molar-refractivity contribution in [2.75, 3.05) is 11.9 Å². The highest BCUT2D eigenvalue weighted by Gasteiger charge is 2.43. The van der Waals surface area contributed by atoms with Crippen LogP contribution in [-0.2, 0) is 14.3 Å². The molecule has 0 spiro atoms. The van der Waals surface area contributed by atoms with Crippen LogP contribution < -0.4 is 5.32 Å². The number of hydrogen-bond acceptors (Lipinski definition) is 5. The second-order valence-corrected chi connectivity index (χ2v) is 7.59. The van der Waals surface area contributed by atoms with Crippen LogP contribution in [0.5, 0.6) is 0 Å². The van der Waals surface area contributed by atoms with Crippen LogP contribution in [0.4, 0.5) is 5.69 Å². The average Bonchev–Trinajstić information content (AvgIpc) is 3.01. The molecule has 1 atom stereocenters. The molecular formula is C24H26N2O5. The van der Waals surface area contributed by atoms with Gasteiger partial charge in [-0.25, -0.2) is 4.79 Å². The van der Waals surface area contributed by atoms with Crippen LogP contribution in [0.2, 0.25) is 0 Å². The summed E-state index contributed by atoms with van der Waals surface area (Å²) in [6, 6.07) is 10.9. The summed E-state index contributed by atoms with van der Waals surface area (Å²) in [5.74, 6) is -2.28. The first-order valence-electron chi connectivity index (χ1n) is 10.3. The third-order valence-corrected chi connectivity index (χ3v) is 5.46. The summed E-state index contributed by atoms with van der Waals surface area (Å²) in [6.07, 6.45) is 1.68. The summed E-state index contributed by atoms with van der Waals surface area (Å²) in [5.41, 5.74) is 3.14. The number of nitrogens with zero attached hydrogens (tertiary/aromatic N) is 1. The smallest absolute Gasteiger partial charge is 0.329 e. The number of fused-ring (bicyclic) bond motifs is 1. The van der Waals surface area contributed by atoms with Gasteiger partial charge in [-0.1, -0.05) is 44.0 Å². The Hall–Kier alpha value is -3.48. The van der Waals surface area contributed by atoms with Gasteiger partial charge in [-0.05, 0) is 49.6 Å². The Labute approximate surface area is 181 Å². The van der Waals surface area contributed by atoms with Crippen LogP contribution in [0.15, 0.2) is 42.5 Å². The van der Waals surface area contributed by atoms with E-state index in [0.29, 0.717) is 12.1 Å². The van der Waals surface area contributed by atoms with E-state index in [-0.39, 0.29) is 17.5 Å². The largest absolute Gasteiger partial charge is 0.454 e. The van der Waals surface area contributed by atoms with Gasteiger partial charge in [0.05, 0.1) is 11.1 Å². The molecule has 7 heteroatoms. The summed E-state index contributed by atoms with van der Waals surface area (Å²) in [5, 5.41) is 2.73. The summed E-state index contributed by atoms with van der Waals surface area (Å²) in [7, 11) is 0. The number of anilines is 1. The van der Waals surface area contributed by atoms with Crippen molar-refractivity contribution in [3.05, 3.63) is 64.7 Å². The SMILES string of the molecule is CCCC[C@@H](C(=O)OCC(=O)Nc1cccc(C)c1C)N1C(=O)c2ccccc2C1=O. The van der Waals surface area contributed by atoms with Gasteiger partial charge < -0.3 is 10.1 Å². The van der Waals surface area contributed by atoms with E-state index in [4.69, 9.17) is 4.74 Å². The van der Waals surface area contributed by atoms with Crippen LogP contribution in [0.25, 0.3) is 0 Å². The lowest BCUT2D eigenvalue weighted by Gasteiger charge is -2.24. The predicted octanol–water partition coefficient (Wildman–Crippen LogP) is 3.64. The lowest BCUT2D eigenvalue weighted by Crippen LogP contribution is -2.46. The van der Waals surface area contributed by atoms with Gasteiger partial charge in [-0.2, -0.15) is 0 Å². The van der Waals surface area contributed by atoms with Gasteiger partial charge in [0.25, 0.3) is 17.7 Å². The molecule has 0 bridgehead atoms. The fourth-order valence-corrected chi connectivity index (χ4v) is 3.55. The minimum Gasteiger partial charge on any atom is -0.454 e. The Balaban J connectivity index is 1.69. The molecule has 3 rings (SSSR count). The van der Waals surface area contributed by atoms with E-state index in [1.54, 1.807) is 30.3 Å². The zero-order valence-corrected chi connectivity index (χ0v) is 17.9. The van der Waals surface area contributed by atoms with Gasteiger partial charge >= 0.3 is 5.97 Å². The zero-order valence-electron chi connectivity index (χ0n) is 17.9. The van der Waals surface area contributed by atoms with Crippen molar-refractivity contribution in [3.8, 4) is 0 Å². The number of hydrogen-bond donors (Lipinski definition) is 1. The first-order chi connectivity index (χ1) is 14.8. The second-order valence-electron chi connectivity index (χ2n) is 7.59. The fraction of sp³-hybridized carbons (Fsp3) is 0.333. The normalized spacial score (nSPS) is 13.7. The molecule has 2 aromatic carbocycles. The lowest BCUT2D eigenvalue weighted by molar-refractivity contribution is -0.151. The van der Waals surface area contributed by atoms with Gasteiger partial charge in [0, 0.05) is 5.69 Å². The van der Waals surface area contributed by atoms with E-state index in [2.05, 4.69) is 5.32 Å². The fourth-order valence-electron chi connectivity index (χ4n) is 3.55. The Bertz CT molecular complexity index is 995. The third-order valence-electron chi connectivity index (χ3n) is 5.46. The quantitative estimate of drug-likeness (QED) is 0.518. The number of ether oxygens (including phenoxy) is 1. The van der Waals surface area contributed by atoms with Crippen molar-refractivity contribution in [2.24, 2.45) is 0 Å². The number of amides is 3. The maximum atomic E-state index is 12.8. The number of aryl methyl sites for hydroxylation is 1. The summed E-state index contributed by atoms with van der Waals surface area (Å²) < 4.78 is 5.22. The minimum atomic E-state index is -1.07. The van der Waals surface area contributed by atoms with Crippen molar-refractivity contribution in [3.63, 3.8) is 0 Å². The molecule has 31 heavy (non-hydrogen) atoms. The van der Waals surface area contributed by atoms with Crippen molar-refractivity contribution >= 4 is 29.4 Å². The highest BCUT2D eigenvalue weighted by atomic mass is 16.5. The Morgan fingerprint density at radius 2 is 1.65 bits per heavy atom. The van der Waals surface area contributed by atoms with Crippen LogP contribution in [0, 0.1) is 13.8 Å². The molecule has 1 aliphatic heterocycles. The highest BCUT2D eigenvalue weighted by Crippen LogP contribution is 2.27.